The van der Waals surface area contributed by atoms with Gasteiger partial charge in [0, 0.05) is 5.69 Å². The molecule has 0 saturated carbocycles. The first-order valence-electron chi connectivity index (χ1n) is 7.89. The predicted molar refractivity (Wildman–Crippen MR) is 92.1 cm³/mol. The molecule has 0 saturated heterocycles. The van der Waals surface area contributed by atoms with Crippen LogP contribution in [0.2, 0.25) is 0 Å². The Labute approximate surface area is 153 Å². The molecule has 2 aromatic carbocycles. The summed E-state index contributed by atoms with van der Waals surface area (Å²) in [5.74, 6) is -6.17. The van der Waals surface area contributed by atoms with E-state index in [9.17, 15) is 27.2 Å². The summed E-state index contributed by atoms with van der Waals surface area (Å²) in [5.41, 5.74) is -0.120. The second kappa shape index (κ2) is 8.63. The number of rotatable bonds is 6. The number of hydrogen-bond acceptors (Lipinski definition) is 3. The SMILES string of the molecule is C[C@@H](C(=O)Nc1ccc(F)cc1)N(C)CC(=O)Nc1ccc(F)c(F)c1F. The lowest BCUT2D eigenvalue weighted by Gasteiger charge is -2.23. The van der Waals surface area contributed by atoms with Crippen LogP contribution in [0.15, 0.2) is 36.4 Å². The van der Waals surface area contributed by atoms with Crippen molar-refractivity contribution in [3.8, 4) is 0 Å². The van der Waals surface area contributed by atoms with Gasteiger partial charge in [0.05, 0.1) is 18.3 Å². The van der Waals surface area contributed by atoms with Crippen LogP contribution in [0.5, 0.6) is 0 Å². The van der Waals surface area contributed by atoms with Crippen molar-refractivity contribution in [2.24, 2.45) is 0 Å². The third kappa shape index (κ3) is 5.27. The van der Waals surface area contributed by atoms with E-state index in [1.54, 1.807) is 0 Å². The average Bonchev–Trinajstić information content (AvgIpc) is 2.63. The van der Waals surface area contributed by atoms with Gasteiger partial charge in [0.1, 0.15) is 5.82 Å². The molecule has 0 aliphatic carbocycles. The number of nitrogens with zero attached hydrogens (tertiary/aromatic N) is 1. The van der Waals surface area contributed by atoms with E-state index in [0.29, 0.717) is 11.8 Å². The number of anilines is 2. The highest BCUT2D eigenvalue weighted by atomic mass is 19.2. The number of benzene rings is 2. The molecule has 0 radical (unpaired) electrons. The zero-order valence-electron chi connectivity index (χ0n) is 14.5. The van der Waals surface area contributed by atoms with Crippen LogP contribution < -0.4 is 10.6 Å². The third-order valence-corrected chi connectivity index (χ3v) is 3.85. The topological polar surface area (TPSA) is 61.4 Å². The quantitative estimate of drug-likeness (QED) is 0.595. The Balaban J connectivity index is 1.94. The zero-order chi connectivity index (χ0) is 20.1. The van der Waals surface area contributed by atoms with Crippen LogP contribution in [0.3, 0.4) is 0 Å². The predicted octanol–water partition coefficient (Wildman–Crippen LogP) is 3.14. The summed E-state index contributed by atoms with van der Waals surface area (Å²) >= 11 is 0. The monoisotopic (exact) mass is 383 g/mol. The largest absolute Gasteiger partial charge is 0.325 e. The lowest BCUT2D eigenvalue weighted by atomic mass is 10.2. The first kappa shape index (κ1) is 20.4. The maximum atomic E-state index is 13.6. The summed E-state index contributed by atoms with van der Waals surface area (Å²) in [6.45, 7) is 1.22. The molecule has 144 valence electrons. The number of amides is 2. The molecule has 0 fully saturated rings. The Kier molecular flexibility index (Phi) is 6.51. The van der Waals surface area contributed by atoms with E-state index in [0.717, 1.165) is 6.07 Å². The van der Waals surface area contributed by atoms with Gasteiger partial charge < -0.3 is 10.6 Å². The summed E-state index contributed by atoms with van der Waals surface area (Å²) in [5, 5.41) is 4.69. The third-order valence-electron chi connectivity index (χ3n) is 3.85. The minimum atomic E-state index is -1.69. The maximum absolute atomic E-state index is 13.6. The number of carbonyl (C=O) groups excluding carboxylic acids is 2. The molecule has 0 bridgehead atoms. The number of hydrogen-bond donors (Lipinski definition) is 2. The van der Waals surface area contributed by atoms with Crippen LogP contribution >= 0.6 is 0 Å². The highest BCUT2D eigenvalue weighted by Crippen LogP contribution is 2.19. The van der Waals surface area contributed by atoms with Crippen LogP contribution in [0, 0.1) is 23.3 Å². The van der Waals surface area contributed by atoms with Gasteiger partial charge in [-0.1, -0.05) is 0 Å². The number of nitrogens with one attached hydrogen (secondary N) is 2. The Bertz CT molecular complexity index is 843. The first-order valence-corrected chi connectivity index (χ1v) is 7.89. The van der Waals surface area contributed by atoms with Crippen molar-refractivity contribution >= 4 is 23.2 Å². The summed E-state index contributed by atoms with van der Waals surface area (Å²) in [6.07, 6.45) is 0. The van der Waals surface area contributed by atoms with Crippen molar-refractivity contribution in [2.75, 3.05) is 24.2 Å². The lowest BCUT2D eigenvalue weighted by Crippen LogP contribution is -2.43. The fraction of sp³-hybridized carbons (Fsp3) is 0.222. The van der Waals surface area contributed by atoms with Crippen molar-refractivity contribution in [1.82, 2.24) is 4.90 Å². The number of halogens is 4. The summed E-state index contributed by atoms with van der Waals surface area (Å²) < 4.78 is 52.5. The molecule has 2 N–H and O–H groups in total. The van der Waals surface area contributed by atoms with Gasteiger partial charge in [-0.15, -0.1) is 0 Å². The van der Waals surface area contributed by atoms with E-state index in [4.69, 9.17) is 0 Å². The molecule has 2 aromatic rings. The molecule has 0 aliphatic rings. The van der Waals surface area contributed by atoms with Crippen LogP contribution in [-0.2, 0) is 9.59 Å². The molecule has 1 atom stereocenters. The molecule has 5 nitrogen and oxygen atoms in total. The molecule has 9 heteroatoms. The van der Waals surface area contributed by atoms with Crippen molar-refractivity contribution < 1.29 is 27.2 Å². The smallest absolute Gasteiger partial charge is 0.241 e. The van der Waals surface area contributed by atoms with Gasteiger partial charge in [-0.05, 0) is 50.4 Å². The zero-order valence-corrected chi connectivity index (χ0v) is 14.5. The molecule has 2 rings (SSSR count). The Hall–Kier alpha value is -2.94. The fourth-order valence-corrected chi connectivity index (χ4v) is 2.16. The van der Waals surface area contributed by atoms with Gasteiger partial charge >= 0.3 is 0 Å². The second-order valence-corrected chi connectivity index (χ2v) is 5.86. The van der Waals surface area contributed by atoms with E-state index in [1.807, 2.05) is 0 Å². The molecule has 0 aliphatic heterocycles. The average molecular weight is 383 g/mol. The summed E-state index contributed by atoms with van der Waals surface area (Å²) in [6, 6.07) is 5.99. The standard InChI is InChI=1S/C18H17F4N3O2/c1-10(18(27)23-12-5-3-11(19)4-6-12)25(2)9-15(26)24-14-8-7-13(20)16(21)17(14)22/h3-8,10H,9H2,1-2H3,(H,23,27)(H,24,26)/t10-/m0/s1. The van der Waals surface area contributed by atoms with Crippen LogP contribution in [0.25, 0.3) is 0 Å². The first-order chi connectivity index (χ1) is 12.7. The number of carbonyl (C=O) groups is 2. The molecule has 0 spiro atoms. The normalized spacial score (nSPS) is 12.0. The summed E-state index contributed by atoms with van der Waals surface area (Å²) in [4.78, 5) is 25.5. The molecule has 27 heavy (non-hydrogen) atoms. The highest BCUT2D eigenvalue weighted by Gasteiger charge is 2.21. The highest BCUT2D eigenvalue weighted by molar-refractivity contribution is 5.96. The van der Waals surface area contributed by atoms with Gasteiger partial charge in [0.15, 0.2) is 17.5 Å². The van der Waals surface area contributed by atoms with Crippen LogP contribution in [-0.4, -0.2) is 36.3 Å². The Morgan fingerprint density at radius 1 is 0.963 bits per heavy atom. The molecule has 0 heterocycles. The van der Waals surface area contributed by atoms with Crippen LogP contribution in [0.1, 0.15) is 6.92 Å². The fourth-order valence-electron chi connectivity index (χ4n) is 2.16. The van der Waals surface area contributed by atoms with E-state index in [-0.39, 0.29) is 6.54 Å². The minimum absolute atomic E-state index is 0.309. The van der Waals surface area contributed by atoms with Crippen molar-refractivity contribution in [3.63, 3.8) is 0 Å². The van der Waals surface area contributed by atoms with Crippen molar-refractivity contribution in [2.45, 2.75) is 13.0 Å². The van der Waals surface area contributed by atoms with E-state index in [1.165, 1.54) is 43.1 Å². The molecule has 0 unspecified atom stereocenters. The molecular formula is C18H17F4N3O2. The molecular weight excluding hydrogens is 366 g/mol. The van der Waals surface area contributed by atoms with Gasteiger partial charge in [0.2, 0.25) is 11.8 Å². The van der Waals surface area contributed by atoms with Crippen molar-refractivity contribution in [3.05, 3.63) is 59.7 Å². The second-order valence-electron chi connectivity index (χ2n) is 5.86. The number of likely N-dealkylation sites (N-methyl/N-ethyl adjacent to an activating group) is 1. The van der Waals surface area contributed by atoms with Gasteiger partial charge in [-0.2, -0.15) is 0 Å². The van der Waals surface area contributed by atoms with Gasteiger partial charge in [-0.3, -0.25) is 14.5 Å². The maximum Gasteiger partial charge on any atom is 0.241 e. The van der Waals surface area contributed by atoms with Crippen molar-refractivity contribution in [1.29, 1.82) is 0 Å². The molecule has 0 aromatic heterocycles. The summed E-state index contributed by atoms with van der Waals surface area (Å²) in [7, 11) is 1.48. The molecule has 2 amide bonds. The minimum Gasteiger partial charge on any atom is -0.325 e. The Morgan fingerprint density at radius 2 is 1.59 bits per heavy atom. The van der Waals surface area contributed by atoms with E-state index < -0.39 is 46.8 Å². The van der Waals surface area contributed by atoms with Gasteiger partial charge in [0.25, 0.3) is 0 Å². The van der Waals surface area contributed by atoms with Crippen LogP contribution in [0.4, 0.5) is 28.9 Å². The van der Waals surface area contributed by atoms with E-state index in [2.05, 4.69) is 10.6 Å². The van der Waals surface area contributed by atoms with Gasteiger partial charge in [-0.25, -0.2) is 17.6 Å². The lowest BCUT2D eigenvalue weighted by molar-refractivity contribution is -0.122. The Morgan fingerprint density at radius 3 is 2.22 bits per heavy atom. The van der Waals surface area contributed by atoms with E-state index >= 15 is 0 Å².